The molecule has 1 aliphatic heterocycles. The van der Waals surface area contributed by atoms with Gasteiger partial charge in [0.05, 0.1) is 5.71 Å². The molecule has 56 heavy (non-hydrogen) atoms. The van der Waals surface area contributed by atoms with Crippen LogP contribution >= 0.6 is 0 Å². The standard InChI is InChI=1S/C47H79N3O6/c1-4-6-8-10-12-14-16-18-20-22-24-26-28-30-32-34-36-41(37-35-33-31-29-27-25-23-21-19-17-15-13-11-9-7-5-2)49-55-40-42-44(52)45(54-3)46(56-42)50-39-38-43(51)48-47(50)53/h12-15,18-21,38-39,42,44-46,52H,4-11,16-17,22-37,40H2,1-3H3,(H,48,51,53)/b14-12-,15-13-,20-18-,21-19-. The maximum absolute atomic E-state index is 12.4. The summed E-state index contributed by atoms with van der Waals surface area (Å²) in [5, 5.41) is 15.5. The molecule has 1 aromatic rings. The Morgan fingerprint density at radius 2 is 1.18 bits per heavy atom. The van der Waals surface area contributed by atoms with E-state index in [0.29, 0.717) is 0 Å². The van der Waals surface area contributed by atoms with Crippen LogP contribution in [0, 0.1) is 0 Å². The Hall–Kier alpha value is -3.01. The van der Waals surface area contributed by atoms with Gasteiger partial charge in [-0.25, -0.2) is 4.79 Å². The van der Waals surface area contributed by atoms with Gasteiger partial charge < -0.3 is 19.4 Å². The van der Waals surface area contributed by atoms with E-state index in [1.165, 1.54) is 152 Å². The maximum Gasteiger partial charge on any atom is 0.330 e. The van der Waals surface area contributed by atoms with Crippen molar-refractivity contribution in [1.29, 1.82) is 0 Å². The summed E-state index contributed by atoms with van der Waals surface area (Å²) in [6.45, 7) is 4.53. The zero-order chi connectivity index (χ0) is 40.3. The minimum atomic E-state index is -1.03. The molecule has 0 bridgehead atoms. The summed E-state index contributed by atoms with van der Waals surface area (Å²) in [4.78, 5) is 32.0. The highest BCUT2D eigenvalue weighted by atomic mass is 16.7. The van der Waals surface area contributed by atoms with Crippen molar-refractivity contribution in [2.24, 2.45) is 5.16 Å². The second kappa shape index (κ2) is 34.1. The summed E-state index contributed by atoms with van der Waals surface area (Å²) in [5.41, 5.74) is -0.0661. The van der Waals surface area contributed by atoms with Gasteiger partial charge in [0.1, 0.15) is 24.9 Å². The van der Waals surface area contributed by atoms with Crippen LogP contribution in [0.4, 0.5) is 0 Å². The third-order valence-electron chi connectivity index (χ3n) is 10.5. The molecular weight excluding hydrogens is 703 g/mol. The van der Waals surface area contributed by atoms with Crippen molar-refractivity contribution in [3.63, 3.8) is 0 Å². The van der Waals surface area contributed by atoms with Crippen LogP contribution in [0.1, 0.15) is 187 Å². The number of aliphatic hydroxyl groups excluding tert-OH is 1. The van der Waals surface area contributed by atoms with E-state index in [4.69, 9.17) is 14.3 Å². The molecule has 318 valence electrons. The molecule has 1 saturated heterocycles. The van der Waals surface area contributed by atoms with Gasteiger partial charge in [-0.15, -0.1) is 0 Å². The lowest BCUT2D eigenvalue weighted by atomic mass is 10.0. The van der Waals surface area contributed by atoms with E-state index in [1.54, 1.807) is 0 Å². The predicted molar refractivity (Wildman–Crippen MR) is 233 cm³/mol. The van der Waals surface area contributed by atoms with Crippen molar-refractivity contribution in [1.82, 2.24) is 9.55 Å². The highest BCUT2D eigenvalue weighted by Crippen LogP contribution is 2.30. The molecule has 0 saturated carbocycles. The number of oxime groups is 1. The van der Waals surface area contributed by atoms with E-state index in [9.17, 15) is 14.7 Å². The van der Waals surface area contributed by atoms with Crippen LogP contribution in [-0.2, 0) is 14.3 Å². The molecule has 2 N–H and O–H groups in total. The van der Waals surface area contributed by atoms with Crippen molar-refractivity contribution in [3.05, 3.63) is 81.7 Å². The first-order valence-electron chi connectivity index (χ1n) is 22.5. The Morgan fingerprint density at radius 1 is 0.714 bits per heavy atom. The fraction of sp³-hybridized carbons (Fsp3) is 0.723. The van der Waals surface area contributed by atoms with Crippen LogP contribution in [0.2, 0.25) is 0 Å². The molecule has 1 fully saturated rings. The third kappa shape index (κ3) is 23.3. The molecule has 1 aromatic heterocycles. The summed E-state index contributed by atoms with van der Waals surface area (Å²) < 4.78 is 12.7. The molecule has 4 unspecified atom stereocenters. The average Bonchev–Trinajstić information content (AvgIpc) is 3.51. The smallest absolute Gasteiger partial charge is 0.330 e. The largest absolute Gasteiger partial charge is 0.393 e. The zero-order valence-electron chi connectivity index (χ0n) is 35.6. The Morgan fingerprint density at radius 3 is 1.64 bits per heavy atom. The number of ether oxygens (including phenoxy) is 2. The Balaban J connectivity index is 1.73. The number of allylic oxidation sites excluding steroid dienone is 8. The number of H-pyrrole nitrogens is 1. The summed E-state index contributed by atoms with van der Waals surface area (Å²) in [7, 11) is 1.46. The fourth-order valence-corrected chi connectivity index (χ4v) is 7.02. The van der Waals surface area contributed by atoms with E-state index < -0.39 is 35.8 Å². The van der Waals surface area contributed by atoms with Crippen LogP contribution < -0.4 is 11.2 Å². The predicted octanol–water partition coefficient (Wildman–Crippen LogP) is 11.6. The quantitative estimate of drug-likeness (QED) is 0.0307. The number of nitrogens with zero attached hydrogens (tertiary/aromatic N) is 2. The van der Waals surface area contributed by atoms with Crippen LogP contribution in [0.5, 0.6) is 0 Å². The molecular formula is C47H79N3O6. The van der Waals surface area contributed by atoms with Gasteiger partial charge in [0.15, 0.2) is 6.23 Å². The van der Waals surface area contributed by atoms with Gasteiger partial charge in [-0.3, -0.25) is 14.3 Å². The Labute approximate surface area is 339 Å². The van der Waals surface area contributed by atoms with Gasteiger partial charge in [-0.05, 0) is 89.9 Å². The minimum absolute atomic E-state index is 0.0342. The van der Waals surface area contributed by atoms with Gasteiger partial charge in [-0.2, -0.15) is 0 Å². The van der Waals surface area contributed by atoms with Gasteiger partial charge in [-0.1, -0.05) is 145 Å². The van der Waals surface area contributed by atoms with Crippen LogP contribution in [0.25, 0.3) is 0 Å². The molecule has 9 nitrogen and oxygen atoms in total. The van der Waals surface area contributed by atoms with Crippen molar-refractivity contribution in [2.75, 3.05) is 13.7 Å². The fourth-order valence-electron chi connectivity index (χ4n) is 7.02. The minimum Gasteiger partial charge on any atom is -0.393 e. The van der Waals surface area contributed by atoms with Gasteiger partial charge in [0.25, 0.3) is 5.56 Å². The van der Waals surface area contributed by atoms with E-state index in [0.717, 1.165) is 44.2 Å². The first kappa shape index (κ1) is 49.1. The van der Waals surface area contributed by atoms with E-state index in [1.807, 2.05) is 0 Å². The molecule has 1 aliphatic rings. The van der Waals surface area contributed by atoms with Crippen molar-refractivity contribution in [3.8, 4) is 0 Å². The molecule has 9 heteroatoms. The normalized spacial score (nSPS) is 18.7. The number of nitrogens with one attached hydrogen (secondary N) is 1. The molecule has 0 radical (unpaired) electrons. The number of aromatic amines is 1. The second-order valence-electron chi connectivity index (χ2n) is 15.4. The summed E-state index contributed by atoms with van der Waals surface area (Å²) in [6.07, 6.45) is 47.4. The number of hydrogen-bond acceptors (Lipinski definition) is 7. The number of methoxy groups -OCH3 is 1. The topological polar surface area (TPSA) is 115 Å². The van der Waals surface area contributed by atoms with E-state index >= 15 is 0 Å². The average molecular weight is 782 g/mol. The maximum atomic E-state index is 12.4. The lowest BCUT2D eigenvalue weighted by Crippen LogP contribution is -2.38. The van der Waals surface area contributed by atoms with Crippen molar-refractivity contribution in [2.45, 2.75) is 205 Å². The third-order valence-corrected chi connectivity index (χ3v) is 10.5. The zero-order valence-corrected chi connectivity index (χ0v) is 35.6. The SMILES string of the molecule is CCCCC/C=C\C/C=C\CCCCCCCCC(CCCCCCCC/C=C\C/C=C\CCCCC)=NOCC1OC(n2ccc(=O)[nH]c2=O)C(OC)C1O. The highest BCUT2D eigenvalue weighted by Gasteiger charge is 2.46. The highest BCUT2D eigenvalue weighted by molar-refractivity contribution is 5.83. The van der Waals surface area contributed by atoms with Gasteiger partial charge in [0.2, 0.25) is 0 Å². The first-order valence-corrected chi connectivity index (χ1v) is 22.5. The van der Waals surface area contributed by atoms with Gasteiger partial charge >= 0.3 is 5.69 Å². The van der Waals surface area contributed by atoms with Crippen molar-refractivity contribution < 1.29 is 19.4 Å². The summed E-state index contributed by atoms with van der Waals surface area (Å²) in [5.74, 6) is 0. The molecule has 0 amide bonds. The van der Waals surface area contributed by atoms with E-state index in [-0.39, 0.29) is 6.61 Å². The lowest BCUT2D eigenvalue weighted by molar-refractivity contribution is -0.0719. The Kier molecular flexibility index (Phi) is 29.9. The summed E-state index contributed by atoms with van der Waals surface area (Å²) >= 11 is 0. The number of aliphatic hydroxyl groups is 1. The molecule has 2 rings (SSSR count). The van der Waals surface area contributed by atoms with Crippen LogP contribution in [0.3, 0.4) is 0 Å². The van der Waals surface area contributed by atoms with Crippen LogP contribution in [-0.4, -0.2) is 52.4 Å². The monoisotopic (exact) mass is 782 g/mol. The first-order chi connectivity index (χ1) is 27.5. The molecule has 0 aromatic carbocycles. The lowest BCUT2D eigenvalue weighted by Gasteiger charge is -2.19. The van der Waals surface area contributed by atoms with Gasteiger partial charge in [0, 0.05) is 19.4 Å². The Bertz CT molecular complexity index is 1310. The second-order valence-corrected chi connectivity index (χ2v) is 15.4. The van der Waals surface area contributed by atoms with Crippen LogP contribution in [0.15, 0.2) is 75.6 Å². The molecule has 0 aliphatic carbocycles. The molecule has 2 heterocycles. The number of rotatable bonds is 35. The molecule has 4 atom stereocenters. The summed E-state index contributed by atoms with van der Waals surface area (Å²) in [6, 6.07) is 1.24. The number of hydrogen-bond donors (Lipinski definition) is 2. The van der Waals surface area contributed by atoms with Crippen molar-refractivity contribution >= 4 is 5.71 Å². The molecule has 0 spiro atoms. The number of unbranched alkanes of at least 4 members (excludes halogenated alkanes) is 18. The van der Waals surface area contributed by atoms with E-state index in [2.05, 4.69) is 72.6 Å². The number of aromatic nitrogens is 2.